The molecule has 0 spiro atoms. The van der Waals surface area contributed by atoms with Crippen LogP contribution in [-0.2, 0) is 0 Å². The van der Waals surface area contributed by atoms with Gasteiger partial charge in [-0.25, -0.2) is 0 Å². The van der Waals surface area contributed by atoms with Gasteiger partial charge in [0.25, 0.3) is 0 Å². The van der Waals surface area contributed by atoms with Gasteiger partial charge in [-0.2, -0.15) is 11.8 Å². The smallest absolute Gasteiger partial charge is 0.0895 e. The summed E-state index contributed by atoms with van der Waals surface area (Å²) >= 11 is 1.79. The van der Waals surface area contributed by atoms with Gasteiger partial charge in [0.05, 0.1) is 6.10 Å². The van der Waals surface area contributed by atoms with Crippen LogP contribution < -0.4 is 0 Å². The van der Waals surface area contributed by atoms with E-state index in [1.54, 1.807) is 24.2 Å². The number of aliphatic hydroxyl groups is 1. The van der Waals surface area contributed by atoms with Crippen LogP contribution >= 0.6 is 11.8 Å². The lowest BCUT2D eigenvalue weighted by Gasteiger charge is -2.11. The van der Waals surface area contributed by atoms with E-state index in [1.165, 1.54) is 0 Å². The molecule has 1 unspecified atom stereocenters. The lowest BCUT2D eigenvalue weighted by atomic mass is 10.1. The lowest BCUT2D eigenvalue weighted by Crippen LogP contribution is -2.03. The largest absolute Gasteiger partial charge is 0.387 e. The van der Waals surface area contributed by atoms with Gasteiger partial charge in [0.1, 0.15) is 0 Å². The van der Waals surface area contributed by atoms with Crippen LogP contribution in [0.4, 0.5) is 0 Å². The van der Waals surface area contributed by atoms with Crippen LogP contribution in [0.1, 0.15) is 31.1 Å². The minimum absolute atomic E-state index is 0.388. The van der Waals surface area contributed by atoms with Crippen molar-refractivity contribution in [3.05, 3.63) is 29.6 Å². The van der Waals surface area contributed by atoms with Crippen LogP contribution in [0.3, 0.4) is 0 Å². The van der Waals surface area contributed by atoms with Crippen LogP contribution in [0.5, 0.6) is 0 Å². The Kier molecular flexibility index (Phi) is 5.12. The molecule has 0 fully saturated rings. The molecule has 1 aromatic heterocycles. The van der Waals surface area contributed by atoms with Crippen molar-refractivity contribution in [3.8, 4) is 0 Å². The molecule has 0 aromatic carbocycles. The highest BCUT2D eigenvalue weighted by atomic mass is 32.2. The molecule has 0 aliphatic rings. The fourth-order valence-electron chi connectivity index (χ4n) is 1.27. The number of aryl methyl sites for hydroxylation is 1. The van der Waals surface area contributed by atoms with E-state index >= 15 is 0 Å². The average molecular weight is 225 g/mol. The number of aromatic nitrogens is 1. The van der Waals surface area contributed by atoms with E-state index in [4.69, 9.17) is 0 Å². The van der Waals surface area contributed by atoms with Crippen LogP contribution in [-0.4, -0.2) is 21.6 Å². The Bertz CT molecular complexity index is 301. The summed E-state index contributed by atoms with van der Waals surface area (Å²) in [5.74, 6) is 2.53. The number of hydrogen-bond donors (Lipinski definition) is 1. The zero-order chi connectivity index (χ0) is 11.3. The van der Waals surface area contributed by atoms with E-state index in [0.717, 1.165) is 22.6 Å². The normalized spacial score (nSPS) is 13.1. The maximum atomic E-state index is 9.90. The highest BCUT2D eigenvalue weighted by Gasteiger charge is 2.08. The molecule has 1 rings (SSSR count). The van der Waals surface area contributed by atoms with Crippen molar-refractivity contribution in [3.63, 3.8) is 0 Å². The summed E-state index contributed by atoms with van der Waals surface area (Å²) in [4.78, 5) is 4.08. The molecule has 15 heavy (non-hydrogen) atoms. The van der Waals surface area contributed by atoms with Gasteiger partial charge in [-0.05, 0) is 29.7 Å². The van der Waals surface area contributed by atoms with Gasteiger partial charge in [-0.15, -0.1) is 0 Å². The number of pyridine rings is 1. The van der Waals surface area contributed by atoms with Crippen molar-refractivity contribution in [2.75, 3.05) is 11.5 Å². The van der Waals surface area contributed by atoms with Crippen LogP contribution in [0.2, 0.25) is 0 Å². The first-order valence-corrected chi connectivity index (χ1v) is 6.42. The molecule has 0 bridgehead atoms. The fourth-order valence-corrected chi connectivity index (χ4v) is 2.30. The van der Waals surface area contributed by atoms with Gasteiger partial charge >= 0.3 is 0 Å². The van der Waals surface area contributed by atoms with Crippen molar-refractivity contribution in [2.45, 2.75) is 26.9 Å². The van der Waals surface area contributed by atoms with Crippen molar-refractivity contribution in [1.29, 1.82) is 0 Å². The van der Waals surface area contributed by atoms with Crippen LogP contribution in [0.15, 0.2) is 18.5 Å². The second-order valence-electron chi connectivity index (χ2n) is 4.24. The Labute approximate surface area is 96.1 Å². The zero-order valence-electron chi connectivity index (χ0n) is 9.60. The number of thioether (sulfide) groups is 1. The Hall–Kier alpha value is -0.540. The van der Waals surface area contributed by atoms with Crippen molar-refractivity contribution < 1.29 is 5.11 Å². The first-order chi connectivity index (χ1) is 7.09. The summed E-state index contributed by atoms with van der Waals surface area (Å²) in [6, 6.07) is 1.99. The van der Waals surface area contributed by atoms with E-state index in [-0.39, 0.29) is 6.10 Å². The summed E-state index contributed by atoms with van der Waals surface area (Å²) in [5, 5.41) is 9.90. The molecule has 1 N–H and O–H groups in total. The van der Waals surface area contributed by atoms with Gasteiger partial charge in [-0.3, -0.25) is 4.98 Å². The summed E-state index contributed by atoms with van der Waals surface area (Å²) in [7, 11) is 0. The first kappa shape index (κ1) is 12.5. The lowest BCUT2D eigenvalue weighted by molar-refractivity contribution is 0.203. The summed E-state index contributed by atoms with van der Waals surface area (Å²) < 4.78 is 0. The maximum Gasteiger partial charge on any atom is 0.0895 e. The third-order valence-electron chi connectivity index (χ3n) is 2.01. The number of hydrogen-bond acceptors (Lipinski definition) is 3. The van der Waals surface area contributed by atoms with Gasteiger partial charge in [-0.1, -0.05) is 19.9 Å². The monoisotopic (exact) mass is 225 g/mol. The average Bonchev–Trinajstić information content (AvgIpc) is 2.17. The number of aliphatic hydroxyl groups excluding tert-OH is 1. The molecule has 2 nitrogen and oxygen atoms in total. The third kappa shape index (κ3) is 4.67. The molecule has 0 saturated carbocycles. The van der Waals surface area contributed by atoms with Gasteiger partial charge in [0, 0.05) is 18.1 Å². The Balaban J connectivity index is 2.43. The molecular formula is C12H19NOS. The number of rotatable bonds is 5. The zero-order valence-corrected chi connectivity index (χ0v) is 10.4. The first-order valence-electron chi connectivity index (χ1n) is 5.27. The second kappa shape index (κ2) is 6.13. The molecule has 84 valence electrons. The molecule has 0 aliphatic carbocycles. The Morgan fingerprint density at radius 1 is 1.33 bits per heavy atom. The minimum Gasteiger partial charge on any atom is -0.387 e. The molecule has 1 heterocycles. The minimum atomic E-state index is -0.388. The summed E-state index contributed by atoms with van der Waals surface area (Å²) in [5.41, 5.74) is 2.02. The maximum absolute atomic E-state index is 9.90. The van der Waals surface area contributed by atoms with Crippen LogP contribution in [0.25, 0.3) is 0 Å². The summed E-state index contributed by atoms with van der Waals surface area (Å²) in [6.45, 7) is 6.37. The molecule has 0 aliphatic heterocycles. The van der Waals surface area contributed by atoms with Gasteiger partial charge in [0.15, 0.2) is 0 Å². The molecule has 3 heteroatoms. The van der Waals surface area contributed by atoms with E-state index in [9.17, 15) is 5.11 Å². The van der Waals surface area contributed by atoms with Gasteiger partial charge in [0.2, 0.25) is 0 Å². The topological polar surface area (TPSA) is 33.1 Å². The van der Waals surface area contributed by atoms with E-state index in [2.05, 4.69) is 18.8 Å². The summed E-state index contributed by atoms with van der Waals surface area (Å²) in [6.07, 6.45) is 3.16. The molecular weight excluding hydrogens is 206 g/mol. The number of nitrogens with zero attached hydrogens (tertiary/aromatic N) is 1. The van der Waals surface area contributed by atoms with Crippen LogP contribution in [0, 0.1) is 12.8 Å². The van der Waals surface area contributed by atoms with Crippen molar-refractivity contribution in [2.24, 2.45) is 5.92 Å². The molecule has 0 radical (unpaired) electrons. The highest BCUT2D eigenvalue weighted by molar-refractivity contribution is 7.99. The van der Waals surface area contributed by atoms with E-state index < -0.39 is 0 Å². The molecule has 0 saturated heterocycles. The Morgan fingerprint density at radius 3 is 2.67 bits per heavy atom. The van der Waals surface area contributed by atoms with Gasteiger partial charge < -0.3 is 5.11 Å². The second-order valence-corrected chi connectivity index (χ2v) is 5.32. The standard InChI is InChI=1S/C12H19NOS/c1-9(2)7-15-8-12(14)11-4-10(3)5-13-6-11/h4-6,9,12,14H,7-8H2,1-3H3. The quantitative estimate of drug-likeness (QED) is 0.836. The van der Waals surface area contributed by atoms with E-state index in [1.807, 2.05) is 13.0 Å². The fraction of sp³-hybridized carbons (Fsp3) is 0.583. The Morgan fingerprint density at radius 2 is 2.07 bits per heavy atom. The van der Waals surface area contributed by atoms with E-state index in [0.29, 0.717) is 5.92 Å². The highest BCUT2D eigenvalue weighted by Crippen LogP contribution is 2.19. The predicted octanol–water partition coefficient (Wildman–Crippen LogP) is 2.81. The predicted molar refractivity (Wildman–Crippen MR) is 66.1 cm³/mol. The molecule has 1 atom stereocenters. The molecule has 0 amide bonds. The SMILES string of the molecule is Cc1cncc(C(O)CSCC(C)C)c1. The van der Waals surface area contributed by atoms with Crippen molar-refractivity contribution in [1.82, 2.24) is 4.98 Å². The van der Waals surface area contributed by atoms with Crippen molar-refractivity contribution >= 4 is 11.8 Å². The molecule has 1 aromatic rings. The third-order valence-corrected chi connectivity index (χ3v) is 3.46.